The number of carbonyl (C=O) groups is 1. The van der Waals surface area contributed by atoms with Crippen LogP contribution in [0.15, 0.2) is 24.5 Å². The molecule has 0 radical (unpaired) electrons. The van der Waals surface area contributed by atoms with Crippen molar-refractivity contribution in [2.45, 2.75) is 50.3 Å². The van der Waals surface area contributed by atoms with E-state index in [1.54, 1.807) is 0 Å². The van der Waals surface area contributed by atoms with Gasteiger partial charge in [-0.2, -0.15) is 0 Å². The van der Waals surface area contributed by atoms with Crippen molar-refractivity contribution in [3.63, 3.8) is 0 Å². The average molecular weight is 373 g/mol. The second-order valence-electron chi connectivity index (χ2n) is 8.34. The first-order valence-corrected chi connectivity index (χ1v) is 10.2. The van der Waals surface area contributed by atoms with Crippen molar-refractivity contribution in [3.8, 4) is 0 Å². The Morgan fingerprint density at radius 3 is 2.81 bits per heavy atom. The molecule has 6 nitrogen and oxygen atoms in total. The number of amides is 1. The van der Waals surface area contributed by atoms with E-state index in [4.69, 9.17) is 9.47 Å². The summed E-state index contributed by atoms with van der Waals surface area (Å²) in [7, 11) is 2.17. The topological polar surface area (TPSA) is 54.9 Å². The van der Waals surface area contributed by atoms with Crippen LogP contribution in [0.4, 0.5) is 0 Å². The smallest absolute Gasteiger partial charge is 0.225 e. The molecule has 1 atom stereocenters. The first-order chi connectivity index (χ1) is 13.2. The molecule has 0 aromatic carbocycles. The minimum atomic E-state index is -0.0413. The molecule has 1 aromatic heterocycles. The molecule has 0 aliphatic carbocycles. The van der Waals surface area contributed by atoms with E-state index >= 15 is 0 Å². The van der Waals surface area contributed by atoms with Gasteiger partial charge in [-0.05, 0) is 50.8 Å². The van der Waals surface area contributed by atoms with Crippen molar-refractivity contribution in [1.29, 1.82) is 0 Å². The summed E-state index contributed by atoms with van der Waals surface area (Å²) in [6.45, 7) is 4.78. The largest absolute Gasteiger partial charge is 0.381 e. The lowest BCUT2D eigenvalue weighted by Gasteiger charge is -2.40. The fourth-order valence-corrected chi connectivity index (χ4v) is 4.70. The predicted molar refractivity (Wildman–Crippen MR) is 102 cm³/mol. The third-order valence-corrected chi connectivity index (χ3v) is 6.52. The van der Waals surface area contributed by atoms with Gasteiger partial charge in [0.2, 0.25) is 5.91 Å². The summed E-state index contributed by atoms with van der Waals surface area (Å²) in [5, 5.41) is 0. The lowest BCUT2D eigenvalue weighted by Crippen LogP contribution is -2.49. The lowest BCUT2D eigenvalue weighted by molar-refractivity contribution is -0.143. The van der Waals surface area contributed by atoms with Crippen LogP contribution in [0.2, 0.25) is 0 Å². The maximum absolute atomic E-state index is 12.7. The van der Waals surface area contributed by atoms with Crippen LogP contribution in [0, 0.1) is 5.92 Å². The van der Waals surface area contributed by atoms with Crippen LogP contribution in [-0.2, 0) is 20.8 Å². The maximum atomic E-state index is 12.7. The molecule has 3 fully saturated rings. The molecule has 4 heterocycles. The number of carbonyl (C=O) groups excluding carboxylic acids is 1. The number of rotatable bonds is 4. The number of aromatic nitrogens is 1. The second kappa shape index (κ2) is 8.25. The Morgan fingerprint density at radius 1 is 1.33 bits per heavy atom. The van der Waals surface area contributed by atoms with E-state index in [1.165, 1.54) is 5.56 Å². The number of ether oxygens (including phenoxy) is 2. The van der Waals surface area contributed by atoms with Crippen LogP contribution in [0.25, 0.3) is 0 Å². The van der Waals surface area contributed by atoms with Crippen molar-refractivity contribution in [1.82, 2.24) is 14.8 Å². The van der Waals surface area contributed by atoms with Gasteiger partial charge in [0, 0.05) is 57.2 Å². The van der Waals surface area contributed by atoms with E-state index in [9.17, 15) is 4.79 Å². The summed E-state index contributed by atoms with van der Waals surface area (Å²) in [6.07, 6.45) is 8.47. The number of hydrogen-bond donors (Lipinski definition) is 0. The van der Waals surface area contributed by atoms with E-state index in [0.29, 0.717) is 11.9 Å². The van der Waals surface area contributed by atoms with Gasteiger partial charge in [0.25, 0.3) is 0 Å². The summed E-state index contributed by atoms with van der Waals surface area (Å²) < 4.78 is 11.7. The molecule has 0 saturated carbocycles. The Bertz CT molecular complexity index is 625. The van der Waals surface area contributed by atoms with Gasteiger partial charge in [0.1, 0.15) is 0 Å². The summed E-state index contributed by atoms with van der Waals surface area (Å²) in [4.78, 5) is 21.4. The van der Waals surface area contributed by atoms with E-state index in [2.05, 4.69) is 27.9 Å². The Balaban J connectivity index is 1.28. The van der Waals surface area contributed by atoms with Crippen molar-refractivity contribution < 1.29 is 14.3 Å². The minimum Gasteiger partial charge on any atom is -0.381 e. The number of likely N-dealkylation sites (N-methyl/N-ethyl adjacent to an activating group) is 1. The molecule has 0 N–H and O–H groups in total. The quantitative estimate of drug-likeness (QED) is 0.809. The SMILES string of the molecule is CN(Cc1cccnc1)[C@@H]1COC2(CCN(C(=O)C3CCOCC3)CC2)C1. The van der Waals surface area contributed by atoms with E-state index < -0.39 is 0 Å². The van der Waals surface area contributed by atoms with Gasteiger partial charge in [0.15, 0.2) is 0 Å². The van der Waals surface area contributed by atoms with E-state index in [0.717, 1.165) is 71.6 Å². The summed E-state index contributed by atoms with van der Waals surface area (Å²) >= 11 is 0. The number of nitrogens with zero attached hydrogens (tertiary/aromatic N) is 3. The highest BCUT2D eigenvalue weighted by molar-refractivity contribution is 5.79. The molecule has 1 aromatic rings. The van der Waals surface area contributed by atoms with Crippen LogP contribution >= 0.6 is 0 Å². The molecule has 0 unspecified atom stereocenters. The minimum absolute atomic E-state index is 0.0413. The third-order valence-electron chi connectivity index (χ3n) is 6.52. The van der Waals surface area contributed by atoms with Gasteiger partial charge in [-0.15, -0.1) is 0 Å². The number of piperidine rings is 1. The zero-order chi connectivity index (χ0) is 18.7. The Labute approximate surface area is 161 Å². The zero-order valence-electron chi connectivity index (χ0n) is 16.3. The second-order valence-corrected chi connectivity index (χ2v) is 8.34. The Hall–Kier alpha value is -1.50. The van der Waals surface area contributed by atoms with Crippen molar-refractivity contribution >= 4 is 5.91 Å². The van der Waals surface area contributed by atoms with Crippen molar-refractivity contribution in [2.24, 2.45) is 5.92 Å². The van der Waals surface area contributed by atoms with Crippen LogP contribution in [0.1, 0.15) is 37.7 Å². The highest BCUT2D eigenvalue weighted by Gasteiger charge is 2.45. The van der Waals surface area contributed by atoms with Crippen LogP contribution in [-0.4, -0.2) is 72.3 Å². The van der Waals surface area contributed by atoms with Crippen LogP contribution in [0.3, 0.4) is 0 Å². The summed E-state index contributed by atoms with van der Waals surface area (Å²) in [5.41, 5.74) is 1.19. The molecule has 27 heavy (non-hydrogen) atoms. The molecular formula is C21H31N3O3. The molecule has 148 valence electrons. The first kappa shape index (κ1) is 18.8. The van der Waals surface area contributed by atoms with Gasteiger partial charge in [-0.3, -0.25) is 14.7 Å². The highest BCUT2D eigenvalue weighted by atomic mass is 16.5. The predicted octanol–water partition coefficient (Wildman–Crippen LogP) is 2.09. The lowest BCUT2D eigenvalue weighted by atomic mass is 9.86. The first-order valence-electron chi connectivity index (χ1n) is 10.2. The fourth-order valence-electron chi connectivity index (χ4n) is 4.70. The number of hydrogen-bond acceptors (Lipinski definition) is 5. The van der Waals surface area contributed by atoms with E-state index in [1.807, 2.05) is 18.5 Å². The zero-order valence-corrected chi connectivity index (χ0v) is 16.3. The fraction of sp³-hybridized carbons (Fsp3) is 0.714. The molecule has 1 amide bonds. The summed E-state index contributed by atoms with van der Waals surface area (Å²) in [6, 6.07) is 4.54. The van der Waals surface area contributed by atoms with Crippen molar-refractivity contribution in [3.05, 3.63) is 30.1 Å². The third kappa shape index (κ3) is 4.33. The van der Waals surface area contributed by atoms with Gasteiger partial charge in [-0.1, -0.05) is 6.07 Å². The Kier molecular flexibility index (Phi) is 5.76. The standard InChI is InChI=1S/C21H31N3O3/c1-23(15-17-3-2-8-22-14-17)19-13-21(27-16-19)6-9-24(10-7-21)20(25)18-4-11-26-12-5-18/h2-3,8,14,18-19H,4-7,9-13,15-16H2,1H3/t19-/m0/s1. The maximum Gasteiger partial charge on any atom is 0.225 e. The molecule has 3 aliphatic heterocycles. The normalized spacial score (nSPS) is 26.0. The van der Waals surface area contributed by atoms with Gasteiger partial charge < -0.3 is 14.4 Å². The molecular weight excluding hydrogens is 342 g/mol. The van der Waals surface area contributed by atoms with Crippen LogP contribution in [0.5, 0.6) is 0 Å². The van der Waals surface area contributed by atoms with Gasteiger partial charge in [0.05, 0.1) is 12.2 Å². The van der Waals surface area contributed by atoms with Gasteiger partial charge in [-0.25, -0.2) is 0 Å². The molecule has 6 heteroatoms. The molecule has 1 spiro atoms. The monoisotopic (exact) mass is 373 g/mol. The van der Waals surface area contributed by atoms with E-state index in [-0.39, 0.29) is 11.5 Å². The highest BCUT2D eigenvalue weighted by Crippen LogP contribution is 2.38. The number of pyridine rings is 1. The van der Waals surface area contributed by atoms with Gasteiger partial charge >= 0.3 is 0 Å². The molecule has 3 aliphatic rings. The molecule has 0 bridgehead atoms. The van der Waals surface area contributed by atoms with Crippen molar-refractivity contribution in [2.75, 3.05) is 40.0 Å². The Morgan fingerprint density at radius 2 is 2.11 bits per heavy atom. The molecule has 4 rings (SSSR count). The summed E-state index contributed by atoms with van der Waals surface area (Å²) in [5.74, 6) is 0.493. The average Bonchev–Trinajstić information content (AvgIpc) is 3.13. The molecule has 3 saturated heterocycles. The number of likely N-dealkylation sites (tertiary alicyclic amines) is 1. The van der Waals surface area contributed by atoms with Crippen LogP contribution < -0.4 is 0 Å².